The summed E-state index contributed by atoms with van der Waals surface area (Å²) in [6, 6.07) is 2.33. The molecule has 1 heterocycles. The van der Waals surface area contributed by atoms with E-state index in [4.69, 9.17) is 21.1 Å². The quantitative estimate of drug-likeness (QED) is 0.882. The van der Waals surface area contributed by atoms with Crippen molar-refractivity contribution in [2.24, 2.45) is 0 Å². The zero-order valence-electron chi connectivity index (χ0n) is 13.0. The zero-order chi connectivity index (χ0) is 17.0. The second-order valence-electron chi connectivity index (χ2n) is 5.33. The molecule has 2 rings (SSSR count). The second-order valence-corrected chi connectivity index (χ2v) is 5.70. The van der Waals surface area contributed by atoms with E-state index in [9.17, 15) is 13.2 Å². The Morgan fingerprint density at radius 3 is 2.39 bits per heavy atom. The van der Waals surface area contributed by atoms with E-state index >= 15 is 0 Å². The summed E-state index contributed by atoms with van der Waals surface area (Å²) < 4.78 is 49.5. The van der Waals surface area contributed by atoms with Crippen LogP contribution in [0.2, 0.25) is 5.02 Å². The number of methoxy groups -OCH3 is 2. The van der Waals surface area contributed by atoms with Crippen molar-refractivity contribution in [1.29, 1.82) is 0 Å². The molecule has 1 N–H and O–H groups in total. The van der Waals surface area contributed by atoms with Crippen LogP contribution in [0, 0.1) is 0 Å². The molecule has 0 aromatic heterocycles. The van der Waals surface area contributed by atoms with Gasteiger partial charge in [0, 0.05) is 32.2 Å². The lowest BCUT2D eigenvalue weighted by Crippen LogP contribution is -2.46. The highest BCUT2D eigenvalue weighted by Gasteiger charge is 2.37. The van der Waals surface area contributed by atoms with Crippen LogP contribution in [0.1, 0.15) is 18.0 Å². The lowest BCUT2D eigenvalue weighted by molar-refractivity contribution is -0.148. The third kappa shape index (κ3) is 4.43. The predicted octanol–water partition coefficient (Wildman–Crippen LogP) is 3.26. The van der Waals surface area contributed by atoms with Crippen LogP contribution < -0.4 is 14.8 Å². The molecule has 1 saturated heterocycles. The minimum absolute atomic E-state index is 0.166. The Morgan fingerprint density at radius 2 is 1.87 bits per heavy atom. The molecule has 8 heteroatoms. The van der Waals surface area contributed by atoms with E-state index < -0.39 is 18.6 Å². The van der Waals surface area contributed by atoms with Crippen LogP contribution in [0.25, 0.3) is 0 Å². The Balaban J connectivity index is 2.41. The van der Waals surface area contributed by atoms with Gasteiger partial charge in [-0.1, -0.05) is 17.7 Å². The van der Waals surface area contributed by atoms with Gasteiger partial charge >= 0.3 is 6.18 Å². The first-order valence-corrected chi connectivity index (χ1v) is 7.67. The van der Waals surface area contributed by atoms with Gasteiger partial charge in [0.05, 0.1) is 25.7 Å². The highest BCUT2D eigenvalue weighted by atomic mass is 35.5. The molecular weight excluding hydrogens is 333 g/mol. The number of hydrogen-bond acceptors (Lipinski definition) is 4. The molecule has 1 aliphatic rings. The molecule has 0 amide bonds. The van der Waals surface area contributed by atoms with E-state index in [0.717, 1.165) is 0 Å². The molecule has 1 aromatic rings. The molecule has 23 heavy (non-hydrogen) atoms. The highest BCUT2D eigenvalue weighted by molar-refractivity contribution is 6.33. The van der Waals surface area contributed by atoms with Crippen LogP contribution in [0.4, 0.5) is 13.2 Å². The topological polar surface area (TPSA) is 33.7 Å². The van der Waals surface area contributed by atoms with Crippen molar-refractivity contribution < 1.29 is 22.6 Å². The number of alkyl halides is 3. The number of rotatable bonds is 5. The smallest absolute Gasteiger partial charge is 0.390 e. The lowest BCUT2D eigenvalue weighted by Gasteiger charge is -2.36. The molecule has 0 spiro atoms. The first kappa shape index (κ1) is 18.2. The molecular formula is C15H20ClF3N2O2. The van der Waals surface area contributed by atoms with Gasteiger partial charge in [-0.3, -0.25) is 4.90 Å². The van der Waals surface area contributed by atoms with Crippen molar-refractivity contribution in [3.8, 4) is 11.5 Å². The fourth-order valence-corrected chi connectivity index (χ4v) is 3.17. The minimum atomic E-state index is -4.29. The molecule has 0 bridgehead atoms. The van der Waals surface area contributed by atoms with Crippen LogP contribution in [0.3, 0.4) is 0 Å². The van der Waals surface area contributed by atoms with E-state index in [-0.39, 0.29) is 10.8 Å². The molecule has 1 aromatic carbocycles. The van der Waals surface area contributed by atoms with Gasteiger partial charge in [-0.15, -0.1) is 0 Å². The third-order valence-electron chi connectivity index (χ3n) is 3.89. The monoisotopic (exact) mass is 352 g/mol. The number of piperazine rings is 1. The number of nitrogens with one attached hydrogen (secondary N) is 1. The van der Waals surface area contributed by atoms with Gasteiger partial charge < -0.3 is 14.8 Å². The molecule has 1 aliphatic heterocycles. The zero-order valence-corrected chi connectivity index (χ0v) is 13.8. The minimum Gasteiger partial charge on any atom is -0.493 e. The molecule has 1 fully saturated rings. The average Bonchev–Trinajstić information content (AvgIpc) is 2.52. The van der Waals surface area contributed by atoms with Crippen molar-refractivity contribution in [3.63, 3.8) is 0 Å². The normalized spacial score (nSPS) is 17.8. The van der Waals surface area contributed by atoms with Crippen LogP contribution in [-0.4, -0.2) is 51.5 Å². The van der Waals surface area contributed by atoms with E-state index in [1.165, 1.54) is 14.2 Å². The predicted molar refractivity (Wildman–Crippen MR) is 82.4 cm³/mol. The van der Waals surface area contributed by atoms with Gasteiger partial charge in [-0.25, -0.2) is 0 Å². The summed E-state index contributed by atoms with van der Waals surface area (Å²) in [4.78, 5) is 1.80. The molecule has 1 atom stereocenters. The molecule has 130 valence electrons. The fraction of sp³-hybridized carbons (Fsp3) is 0.600. The molecule has 0 saturated carbocycles. The summed E-state index contributed by atoms with van der Waals surface area (Å²) in [6.07, 6.45) is -5.24. The summed E-state index contributed by atoms with van der Waals surface area (Å²) in [5, 5.41) is 3.31. The summed E-state index contributed by atoms with van der Waals surface area (Å²) in [6.45, 7) is 2.37. The summed E-state index contributed by atoms with van der Waals surface area (Å²) in [5.41, 5.74) is 0.406. The van der Waals surface area contributed by atoms with Crippen LogP contribution in [-0.2, 0) is 0 Å². The van der Waals surface area contributed by atoms with E-state index in [0.29, 0.717) is 37.5 Å². The molecule has 0 unspecified atom stereocenters. The fourth-order valence-electron chi connectivity index (χ4n) is 2.81. The molecule has 0 radical (unpaired) electrons. The Hall–Kier alpha value is -1.18. The number of halogens is 4. The van der Waals surface area contributed by atoms with Crippen molar-refractivity contribution in [3.05, 3.63) is 22.7 Å². The van der Waals surface area contributed by atoms with Gasteiger partial charge in [-0.05, 0) is 11.6 Å². The lowest BCUT2D eigenvalue weighted by atomic mass is 10.00. The molecule has 0 aliphatic carbocycles. The SMILES string of the molecule is COc1ccc([C@@H](CC(F)(F)F)N2CCNCC2)c(Cl)c1OC. The van der Waals surface area contributed by atoms with Crippen molar-refractivity contribution in [1.82, 2.24) is 10.2 Å². The van der Waals surface area contributed by atoms with E-state index in [1.807, 2.05) is 0 Å². The number of ether oxygens (including phenoxy) is 2. The summed E-state index contributed by atoms with van der Waals surface area (Å²) in [7, 11) is 2.87. The first-order valence-electron chi connectivity index (χ1n) is 7.29. The van der Waals surface area contributed by atoms with Crippen LogP contribution in [0.5, 0.6) is 11.5 Å². The Bertz CT molecular complexity index is 534. The van der Waals surface area contributed by atoms with Gasteiger partial charge in [0.2, 0.25) is 0 Å². The molecule has 4 nitrogen and oxygen atoms in total. The van der Waals surface area contributed by atoms with Crippen LogP contribution >= 0.6 is 11.6 Å². The largest absolute Gasteiger partial charge is 0.493 e. The maximum absolute atomic E-state index is 13.1. The van der Waals surface area contributed by atoms with Crippen molar-refractivity contribution in [2.75, 3.05) is 40.4 Å². The second kappa shape index (κ2) is 7.59. The number of hydrogen-bond donors (Lipinski definition) is 1. The van der Waals surface area contributed by atoms with Gasteiger partial charge in [-0.2, -0.15) is 13.2 Å². The number of benzene rings is 1. The van der Waals surface area contributed by atoms with E-state index in [1.54, 1.807) is 17.0 Å². The Kier molecular flexibility index (Phi) is 6.00. The average molecular weight is 353 g/mol. The van der Waals surface area contributed by atoms with Crippen molar-refractivity contribution >= 4 is 11.6 Å². The van der Waals surface area contributed by atoms with Gasteiger partial charge in [0.15, 0.2) is 11.5 Å². The Morgan fingerprint density at radius 1 is 1.22 bits per heavy atom. The standard InChI is InChI=1S/C15H20ClF3N2O2/c1-22-12-4-3-10(13(16)14(12)23-2)11(9-15(17,18)19)21-7-5-20-6-8-21/h3-4,11,20H,5-9H2,1-2H3/t11-/m1/s1. The van der Waals surface area contributed by atoms with Gasteiger partial charge in [0.25, 0.3) is 0 Å². The van der Waals surface area contributed by atoms with Gasteiger partial charge in [0.1, 0.15) is 0 Å². The first-order chi connectivity index (χ1) is 10.9. The maximum atomic E-state index is 13.1. The van der Waals surface area contributed by atoms with E-state index in [2.05, 4.69) is 5.32 Å². The summed E-state index contributed by atoms with van der Waals surface area (Å²) in [5.74, 6) is 0.654. The van der Waals surface area contributed by atoms with Crippen molar-refractivity contribution in [2.45, 2.75) is 18.6 Å². The maximum Gasteiger partial charge on any atom is 0.390 e. The number of nitrogens with zero attached hydrogens (tertiary/aromatic N) is 1. The third-order valence-corrected chi connectivity index (χ3v) is 4.28. The Labute approximate surface area is 138 Å². The summed E-state index contributed by atoms with van der Waals surface area (Å²) >= 11 is 6.32. The van der Waals surface area contributed by atoms with Crippen LogP contribution in [0.15, 0.2) is 12.1 Å². The highest BCUT2D eigenvalue weighted by Crippen LogP contribution is 2.44.